The Morgan fingerprint density at radius 2 is 1.93 bits per heavy atom. The standard InChI is InChI=1S/C20H22ClN3O2S2/c1-23(2)11-12-24(17(25)13-27-14-7-5-4-6-8-14)20-22-18-16(26-3)10-9-15(21)19(18)28-20/h4-10H,11-13H2,1-3H3. The molecule has 0 N–H and O–H groups in total. The highest BCUT2D eigenvalue weighted by atomic mass is 35.5. The van der Waals surface area contributed by atoms with E-state index >= 15 is 0 Å². The number of carbonyl (C=O) groups excluding carboxylic acids is 1. The molecule has 0 fully saturated rings. The van der Waals surface area contributed by atoms with Crippen LogP contribution in [0.25, 0.3) is 10.2 Å². The number of aromatic nitrogens is 1. The molecule has 1 heterocycles. The topological polar surface area (TPSA) is 45.7 Å². The Labute approximate surface area is 178 Å². The van der Waals surface area contributed by atoms with Gasteiger partial charge in [-0.25, -0.2) is 4.98 Å². The third-order valence-electron chi connectivity index (χ3n) is 4.08. The highest BCUT2D eigenvalue weighted by molar-refractivity contribution is 8.00. The number of benzene rings is 2. The van der Waals surface area contributed by atoms with E-state index in [1.54, 1.807) is 24.1 Å². The Kier molecular flexibility index (Phi) is 7.18. The first-order chi connectivity index (χ1) is 13.5. The van der Waals surface area contributed by atoms with Crippen LogP contribution in [0.5, 0.6) is 5.75 Å². The largest absolute Gasteiger partial charge is 0.494 e. The van der Waals surface area contributed by atoms with Gasteiger partial charge in [0.05, 0.1) is 22.6 Å². The molecule has 0 spiro atoms. The van der Waals surface area contributed by atoms with Crippen LogP contribution in [0.1, 0.15) is 0 Å². The fourth-order valence-electron chi connectivity index (χ4n) is 2.59. The average Bonchev–Trinajstić information content (AvgIpc) is 3.13. The number of hydrogen-bond donors (Lipinski definition) is 0. The van der Waals surface area contributed by atoms with E-state index in [0.29, 0.717) is 33.7 Å². The molecule has 1 aromatic heterocycles. The summed E-state index contributed by atoms with van der Waals surface area (Å²) in [6.45, 7) is 1.30. The average molecular weight is 436 g/mol. The van der Waals surface area contributed by atoms with Gasteiger partial charge in [-0.15, -0.1) is 11.8 Å². The molecule has 1 amide bonds. The lowest BCUT2D eigenvalue weighted by molar-refractivity contribution is -0.116. The van der Waals surface area contributed by atoms with Gasteiger partial charge in [0.25, 0.3) is 0 Å². The van der Waals surface area contributed by atoms with Gasteiger partial charge < -0.3 is 9.64 Å². The van der Waals surface area contributed by atoms with Gasteiger partial charge in [0.2, 0.25) is 5.91 Å². The number of thiazole rings is 1. The maximum Gasteiger partial charge on any atom is 0.239 e. The van der Waals surface area contributed by atoms with Crippen LogP contribution in [0, 0.1) is 0 Å². The van der Waals surface area contributed by atoms with Crippen molar-refractivity contribution in [2.45, 2.75) is 4.90 Å². The molecule has 0 aliphatic rings. The summed E-state index contributed by atoms with van der Waals surface area (Å²) < 4.78 is 6.24. The minimum absolute atomic E-state index is 0.0184. The quantitative estimate of drug-likeness (QED) is 0.482. The van der Waals surface area contributed by atoms with E-state index in [0.717, 1.165) is 16.1 Å². The van der Waals surface area contributed by atoms with Crippen molar-refractivity contribution in [3.8, 4) is 5.75 Å². The second kappa shape index (κ2) is 9.60. The number of likely N-dealkylation sites (N-methyl/N-ethyl adjacent to an activating group) is 1. The summed E-state index contributed by atoms with van der Waals surface area (Å²) >= 11 is 9.29. The molecule has 0 unspecified atom stereocenters. The van der Waals surface area contributed by atoms with E-state index < -0.39 is 0 Å². The zero-order valence-electron chi connectivity index (χ0n) is 16.0. The van der Waals surface area contributed by atoms with Crippen molar-refractivity contribution in [2.24, 2.45) is 0 Å². The summed E-state index contributed by atoms with van der Waals surface area (Å²) in [5.41, 5.74) is 0.688. The number of carbonyl (C=O) groups is 1. The number of rotatable bonds is 8. The normalized spacial score (nSPS) is 11.2. The molecular formula is C20H22ClN3O2S2. The summed E-state index contributed by atoms with van der Waals surface area (Å²) in [6, 6.07) is 13.5. The van der Waals surface area contributed by atoms with Gasteiger partial charge in [-0.2, -0.15) is 0 Å². The molecule has 148 valence electrons. The van der Waals surface area contributed by atoms with E-state index in [4.69, 9.17) is 16.3 Å². The highest BCUT2D eigenvalue weighted by Gasteiger charge is 2.22. The minimum atomic E-state index is 0.0184. The third-order valence-corrected chi connectivity index (χ3v) is 6.61. The van der Waals surface area contributed by atoms with Crippen LogP contribution >= 0.6 is 34.7 Å². The first kappa shape index (κ1) is 20.9. The Morgan fingerprint density at radius 3 is 2.61 bits per heavy atom. The molecule has 8 heteroatoms. The van der Waals surface area contributed by atoms with Crippen molar-refractivity contribution >= 4 is 56.0 Å². The molecule has 3 rings (SSSR count). The van der Waals surface area contributed by atoms with E-state index in [2.05, 4.69) is 4.98 Å². The Morgan fingerprint density at radius 1 is 1.18 bits per heavy atom. The van der Waals surface area contributed by atoms with Gasteiger partial charge >= 0.3 is 0 Å². The van der Waals surface area contributed by atoms with Crippen LogP contribution in [0.2, 0.25) is 5.02 Å². The molecule has 28 heavy (non-hydrogen) atoms. The number of anilines is 1. The lowest BCUT2D eigenvalue weighted by atomic mass is 10.3. The molecular weight excluding hydrogens is 414 g/mol. The molecule has 5 nitrogen and oxygen atoms in total. The first-order valence-electron chi connectivity index (χ1n) is 8.75. The molecule has 0 radical (unpaired) electrons. The molecule has 0 saturated carbocycles. The monoisotopic (exact) mass is 435 g/mol. The number of halogens is 1. The molecule has 3 aromatic rings. The predicted molar refractivity (Wildman–Crippen MR) is 119 cm³/mol. The Balaban J connectivity index is 1.87. The second-order valence-corrected chi connectivity index (χ2v) is 8.81. The highest BCUT2D eigenvalue weighted by Crippen LogP contribution is 2.38. The maximum absolute atomic E-state index is 13.0. The van der Waals surface area contributed by atoms with Gasteiger partial charge in [0, 0.05) is 18.0 Å². The van der Waals surface area contributed by atoms with E-state index in [-0.39, 0.29) is 5.91 Å². The van der Waals surface area contributed by atoms with Crippen molar-refractivity contribution in [1.82, 2.24) is 9.88 Å². The van der Waals surface area contributed by atoms with Gasteiger partial charge in [-0.1, -0.05) is 41.1 Å². The van der Waals surface area contributed by atoms with E-state index in [1.807, 2.05) is 49.3 Å². The van der Waals surface area contributed by atoms with Gasteiger partial charge in [-0.05, 0) is 38.4 Å². The molecule has 0 aliphatic carbocycles. The van der Waals surface area contributed by atoms with Crippen molar-refractivity contribution in [3.05, 3.63) is 47.5 Å². The zero-order valence-corrected chi connectivity index (χ0v) is 18.4. The molecule has 0 bridgehead atoms. The third kappa shape index (κ3) is 4.97. The fourth-order valence-corrected chi connectivity index (χ4v) is 4.68. The van der Waals surface area contributed by atoms with Gasteiger partial charge in [0.1, 0.15) is 11.3 Å². The van der Waals surface area contributed by atoms with Crippen LogP contribution in [0.15, 0.2) is 47.4 Å². The summed E-state index contributed by atoms with van der Waals surface area (Å²) in [4.78, 5) is 22.6. The van der Waals surface area contributed by atoms with Crippen molar-refractivity contribution in [3.63, 3.8) is 0 Å². The Hall–Kier alpha value is -1.80. The summed E-state index contributed by atoms with van der Waals surface area (Å²) in [5, 5.41) is 1.25. The SMILES string of the molecule is COc1ccc(Cl)c2sc(N(CCN(C)C)C(=O)CSc3ccccc3)nc12. The van der Waals surface area contributed by atoms with Crippen molar-refractivity contribution in [2.75, 3.05) is 44.9 Å². The number of fused-ring (bicyclic) bond motifs is 1. The minimum Gasteiger partial charge on any atom is -0.494 e. The van der Waals surface area contributed by atoms with Crippen LogP contribution in [-0.2, 0) is 4.79 Å². The number of amides is 1. The van der Waals surface area contributed by atoms with Crippen LogP contribution in [0.4, 0.5) is 5.13 Å². The lowest BCUT2D eigenvalue weighted by Crippen LogP contribution is -2.37. The number of thioether (sulfide) groups is 1. The van der Waals surface area contributed by atoms with Gasteiger partial charge in [-0.3, -0.25) is 9.69 Å². The smallest absolute Gasteiger partial charge is 0.239 e. The van der Waals surface area contributed by atoms with E-state index in [1.165, 1.54) is 23.1 Å². The summed E-state index contributed by atoms with van der Waals surface area (Å²) in [5.74, 6) is 1.02. The second-order valence-electron chi connectivity index (χ2n) is 6.37. The zero-order chi connectivity index (χ0) is 20.1. The fraction of sp³-hybridized carbons (Fsp3) is 0.300. The maximum atomic E-state index is 13.0. The summed E-state index contributed by atoms with van der Waals surface area (Å²) in [7, 11) is 5.58. The Bertz CT molecular complexity index is 947. The van der Waals surface area contributed by atoms with Crippen LogP contribution in [0.3, 0.4) is 0 Å². The van der Waals surface area contributed by atoms with Crippen molar-refractivity contribution in [1.29, 1.82) is 0 Å². The number of nitrogens with zero attached hydrogens (tertiary/aromatic N) is 3. The first-order valence-corrected chi connectivity index (χ1v) is 10.9. The van der Waals surface area contributed by atoms with Crippen LogP contribution in [-0.4, -0.2) is 55.8 Å². The van der Waals surface area contributed by atoms with Crippen LogP contribution < -0.4 is 9.64 Å². The van der Waals surface area contributed by atoms with Crippen molar-refractivity contribution < 1.29 is 9.53 Å². The number of hydrogen-bond acceptors (Lipinski definition) is 6. The lowest BCUT2D eigenvalue weighted by Gasteiger charge is -2.21. The predicted octanol–water partition coefficient (Wildman–Crippen LogP) is 4.65. The molecule has 2 aromatic carbocycles. The molecule has 0 saturated heterocycles. The molecule has 0 aliphatic heterocycles. The van der Waals surface area contributed by atoms with Gasteiger partial charge in [0.15, 0.2) is 5.13 Å². The number of ether oxygens (including phenoxy) is 1. The number of methoxy groups -OCH3 is 1. The summed E-state index contributed by atoms with van der Waals surface area (Å²) in [6.07, 6.45) is 0. The molecule has 0 atom stereocenters. The van der Waals surface area contributed by atoms with E-state index in [9.17, 15) is 4.79 Å².